The lowest BCUT2D eigenvalue weighted by atomic mass is 10.1. The zero-order valence-corrected chi connectivity index (χ0v) is 17.1. The van der Waals surface area contributed by atoms with Gasteiger partial charge in [0.1, 0.15) is 0 Å². The van der Waals surface area contributed by atoms with Crippen LogP contribution in [0.25, 0.3) is 10.8 Å². The van der Waals surface area contributed by atoms with E-state index in [9.17, 15) is 8.42 Å². The van der Waals surface area contributed by atoms with Crippen LogP contribution < -0.4 is 10.0 Å². The minimum absolute atomic E-state index is 0.0223. The van der Waals surface area contributed by atoms with Crippen LogP contribution in [0, 0.1) is 20.8 Å². The maximum absolute atomic E-state index is 12.8. The summed E-state index contributed by atoms with van der Waals surface area (Å²) in [6.45, 7) is 5.60. The molecule has 148 valence electrons. The molecule has 4 rings (SSSR count). The van der Waals surface area contributed by atoms with Crippen molar-refractivity contribution in [2.45, 2.75) is 25.7 Å². The van der Waals surface area contributed by atoms with Gasteiger partial charge in [0, 0.05) is 5.69 Å². The fraction of sp³-hybridized carbons (Fsp3) is 0.143. The number of aromatic nitrogens is 3. The molecule has 0 saturated carbocycles. The molecule has 0 spiro atoms. The summed E-state index contributed by atoms with van der Waals surface area (Å²) in [6.07, 6.45) is 0. The van der Waals surface area contributed by atoms with Gasteiger partial charge in [0.2, 0.25) is 5.95 Å². The van der Waals surface area contributed by atoms with Crippen molar-refractivity contribution < 1.29 is 8.42 Å². The van der Waals surface area contributed by atoms with E-state index in [4.69, 9.17) is 0 Å². The third-order valence-electron chi connectivity index (χ3n) is 4.80. The van der Waals surface area contributed by atoms with Crippen LogP contribution in [0.1, 0.15) is 16.7 Å². The second-order valence-electron chi connectivity index (χ2n) is 7.00. The summed E-state index contributed by atoms with van der Waals surface area (Å²) < 4.78 is 28.0. The summed E-state index contributed by atoms with van der Waals surface area (Å²) in [7, 11) is -3.79. The van der Waals surface area contributed by atoms with Crippen molar-refractivity contribution in [2.24, 2.45) is 0 Å². The quantitative estimate of drug-likeness (QED) is 0.454. The molecule has 0 bridgehead atoms. The second-order valence-corrected chi connectivity index (χ2v) is 8.65. The molecule has 1 heterocycles. The summed E-state index contributed by atoms with van der Waals surface area (Å²) in [5, 5.41) is 12.0. The minimum atomic E-state index is -3.79. The Hall–Kier alpha value is -3.39. The standard InChI is InChI=1S/C21H21N5O2S/c1-13-10-15(3)19(11-14(13)2)29(27,28)26-21-23-20(24-25-21)22-18-9-8-16-6-4-5-7-17(16)12-18/h4-12H,1-3H3,(H3,22,23,24,25,26). The number of aryl methyl sites for hydroxylation is 3. The fourth-order valence-electron chi connectivity index (χ4n) is 3.17. The van der Waals surface area contributed by atoms with Gasteiger partial charge < -0.3 is 5.32 Å². The number of nitrogens with one attached hydrogen (secondary N) is 3. The molecular formula is C21H21N5O2S. The first-order valence-electron chi connectivity index (χ1n) is 9.11. The van der Waals surface area contributed by atoms with Gasteiger partial charge in [-0.05, 0) is 66.4 Å². The van der Waals surface area contributed by atoms with Gasteiger partial charge >= 0.3 is 0 Å². The summed E-state index contributed by atoms with van der Waals surface area (Å²) in [6, 6.07) is 17.4. The number of benzene rings is 3. The van der Waals surface area contributed by atoms with E-state index >= 15 is 0 Å². The van der Waals surface area contributed by atoms with Crippen LogP contribution in [0.15, 0.2) is 59.5 Å². The maximum atomic E-state index is 12.8. The highest BCUT2D eigenvalue weighted by molar-refractivity contribution is 7.92. The summed E-state index contributed by atoms with van der Waals surface area (Å²) in [5.41, 5.74) is 3.44. The molecule has 0 unspecified atom stereocenters. The monoisotopic (exact) mass is 407 g/mol. The van der Waals surface area contributed by atoms with Crippen LogP contribution >= 0.6 is 0 Å². The first kappa shape index (κ1) is 18.9. The Kier molecular flexibility index (Phi) is 4.71. The predicted molar refractivity (Wildman–Crippen MR) is 115 cm³/mol. The third kappa shape index (κ3) is 3.93. The van der Waals surface area contributed by atoms with E-state index in [1.54, 1.807) is 13.0 Å². The molecular weight excluding hydrogens is 386 g/mol. The van der Waals surface area contributed by atoms with E-state index in [-0.39, 0.29) is 10.8 Å². The third-order valence-corrected chi connectivity index (χ3v) is 6.27. The van der Waals surface area contributed by atoms with E-state index in [1.807, 2.05) is 62.4 Å². The number of fused-ring (bicyclic) bond motifs is 1. The van der Waals surface area contributed by atoms with Crippen molar-refractivity contribution in [3.05, 3.63) is 71.3 Å². The first-order chi connectivity index (χ1) is 13.8. The Bertz CT molecular complexity index is 1310. The SMILES string of the molecule is Cc1cc(C)c(S(=O)(=O)Nc2n[nH]c(Nc3ccc4ccccc4c3)n2)cc1C. The number of sulfonamides is 1. The molecule has 0 radical (unpaired) electrons. The van der Waals surface area contributed by atoms with Gasteiger partial charge in [-0.1, -0.05) is 36.4 Å². The van der Waals surface area contributed by atoms with Crippen LogP contribution in [-0.4, -0.2) is 23.6 Å². The maximum Gasteiger partial charge on any atom is 0.264 e. The van der Waals surface area contributed by atoms with Gasteiger partial charge in [-0.3, -0.25) is 0 Å². The molecule has 0 aliphatic rings. The molecule has 1 aromatic heterocycles. The van der Waals surface area contributed by atoms with Crippen molar-refractivity contribution >= 4 is 38.4 Å². The smallest absolute Gasteiger partial charge is 0.264 e. The zero-order chi connectivity index (χ0) is 20.6. The average molecular weight is 407 g/mol. The highest BCUT2D eigenvalue weighted by Gasteiger charge is 2.20. The Balaban J connectivity index is 1.55. The predicted octanol–water partition coefficient (Wildman–Crippen LogP) is 4.43. The van der Waals surface area contributed by atoms with E-state index in [2.05, 4.69) is 25.2 Å². The topological polar surface area (TPSA) is 99.8 Å². The molecule has 0 fully saturated rings. The molecule has 0 aliphatic heterocycles. The van der Waals surface area contributed by atoms with Crippen molar-refractivity contribution in [1.82, 2.24) is 15.2 Å². The zero-order valence-electron chi connectivity index (χ0n) is 16.3. The lowest BCUT2D eigenvalue weighted by Crippen LogP contribution is -2.15. The largest absolute Gasteiger partial charge is 0.324 e. The highest BCUT2D eigenvalue weighted by atomic mass is 32.2. The van der Waals surface area contributed by atoms with Crippen molar-refractivity contribution in [1.29, 1.82) is 0 Å². The molecule has 0 amide bonds. The normalized spacial score (nSPS) is 11.6. The number of aromatic amines is 1. The molecule has 0 aliphatic carbocycles. The van der Waals surface area contributed by atoms with Crippen LogP contribution in [0.3, 0.4) is 0 Å². The first-order valence-corrected chi connectivity index (χ1v) is 10.6. The van der Waals surface area contributed by atoms with Crippen molar-refractivity contribution in [2.75, 3.05) is 10.0 Å². The van der Waals surface area contributed by atoms with Gasteiger partial charge in [-0.2, -0.15) is 4.98 Å². The molecule has 3 N–H and O–H groups in total. The van der Waals surface area contributed by atoms with Crippen LogP contribution in [0.4, 0.5) is 17.6 Å². The molecule has 8 heteroatoms. The van der Waals surface area contributed by atoms with Gasteiger partial charge in [-0.25, -0.2) is 18.2 Å². The number of anilines is 3. The number of H-pyrrole nitrogens is 1. The van der Waals surface area contributed by atoms with Crippen LogP contribution in [-0.2, 0) is 10.0 Å². The highest BCUT2D eigenvalue weighted by Crippen LogP contribution is 2.23. The van der Waals surface area contributed by atoms with Gasteiger partial charge in [0.05, 0.1) is 4.90 Å². The fourth-order valence-corrected chi connectivity index (χ4v) is 4.42. The molecule has 29 heavy (non-hydrogen) atoms. The molecule has 7 nitrogen and oxygen atoms in total. The van der Waals surface area contributed by atoms with E-state index in [1.165, 1.54) is 0 Å². The molecule has 4 aromatic rings. The van der Waals surface area contributed by atoms with E-state index in [0.29, 0.717) is 11.5 Å². The Morgan fingerprint density at radius 2 is 1.59 bits per heavy atom. The second kappa shape index (κ2) is 7.21. The van der Waals surface area contributed by atoms with Gasteiger partial charge in [-0.15, -0.1) is 5.10 Å². The molecule has 3 aromatic carbocycles. The number of nitrogens with zero attached hydrogens (tertiary/aromatic N) is 2. The Morgan fingerprint density at radius 1 is 0.862 bits per heavy atom. The molecule has 0 atom stereocenters. The minimum Gasteiger partial charge on any atom is -0.324 e. The number of hydrogen-bond acceptors (Lipinski definition) is 5. The average Bonchev–Trinajstić information content (AvgIpc) is 3.10. The van der Waals surface area contributed by atoms with Gasteiger partial charge in [0.15, 0.2) is 0 Å². The summed E-state index contributed by atoms with van der Waals surface area (Å²) in [5.74, 6) is 0.320. The summed E-state index contributed by atoms with van der Waals surface area (Å²) >= 11 is 0. The number of hydrogen-bond donors (Lipinski definition) is 3. The van der Waals surface area contributed by atoms with Crippen LogP contribution in [0.2, 0.25) is 0 Å². The van der Waals surface area contributed by atoms with Crippen LogP contribution in [0.5, 0.6) is 0 Å². The number of rotatable bonds is 5. The Morgan fingerprint density at radius 3 is 2.38 bits per heavy atom. The van der Waals surface area contributed by atoms with Gasteiger partial charge in [0.25, 0.3) is 16.0 Å². The van der Waals surface area contributed by atoms with Crippen molar-refractivity contribution in [3.8, 4) is 0 Å². The van der Waals surface area contributed by atoms with E-state index < -0.39 is 10.0 Å². The lowest BCUT2D eigenvalue weighted by Gasteiger charge is -2.10. The van der Waals surface area contributed by atoms with Crippen molar-refractivity contribution in [3.63, 3.8) is 0 Å². The molecule has 0 saturated heterocycles. The lowest BCUT2D eigenvalue weighted by molar-refractivity contribution is 0.600. The summed E-state index contributed by atoms with van der Waals surface area (Å²) in [4.78, 5) is 4.41. The Labute approximate surface area is 169 Å². The van der Waals surface area contributed by atoms with E-state index in [0.717, 1.165) is 27.6 Å².